The predicted octanol–water partition coefficient (Wildman–Crippen LogP) is 2.94. The molecule has 0 aromatic carbocycles. The molecule has 0 amide bonds. The monoisotopic (exact) mass is 367 g/mol. The molecule has 0 aliphatic heterocycles. The van der Waals surface area contributed by atoms with Crippen molar-refractivity contribution in [3.63, 3.8) is 0 Å². The second kappa shape index (κ2) is 6.24. The molecule has 0 atom stereocenters. The molecule has 24 heavy (non-hydrogen) atoms. The third kappa shape index (κ3) is 3.41. The summed E-state index contributed by atoms with van der Waals surface area (Å²) in [5.41, 5.74) is -0.690. The van der Waals surface area contributed by atoms with Gasteiger partial charge in [0.05, 0.1) is 11.3 Å². The zero-order valence-corrected chi connectivity index (χ0v) is 15.0. The second-order valence-electron chi connectivity index (χ2n) is 6.77. The van der Waals surface area contributed by atoms with Crippen molar-refractivity contribution in [3.8, 4) is 0 Å². The van der Waals surface area contributed by atoms with Gasteiger partial charge >= 0.3 is 0 Å². The number of rotatable bonds is 7. The lowest BCUT2D eigenvalue weighted by Crippen LogP contribution is -2.45. The molecular weight excluding hydrogens is 346 g/mol. The van der Waals surface area contributed by atoms with Crippen LogP contribution in [0.2, 0.25) is 0 Å². The van der Waals surface area contributed by atoms with Crippen LogP contribution in [0.3, 0.4) is 0 Å². The van der Waals surface area contributed by atoms with Crippen LogP contribution in [0.4, 0.5) is 0 Å². The van der Waals surface area contributed by atoms with Crippen LogP contribution in [0.25, 0.3) is 0 Å². The first-order chi connectivity index (χ1) is 11.6. The molecule has 0 saturated heterocycles. The quantitative estimate of drug-likeness (QED) is 0.813. The molecule has 2 heterocycles. The van der Waals surface area contributed by atoms with E-state index in [4.69, 9.17) is 4.52 Å². The highest BCUT2D eigenvalue weighted by atomic mass is 32.2. The van der Waals surface area contributed by atoms with E-state index in [1.54, 1.807) is 11.3 Å². The van der Waals surface area contributed by atoms with Crippen molar-refractivity contribution in [2.24, 2.45) is 0 Å². The summed E-state index contributed by atoms with van der Waals surface area (Å²) in [5.74, 6) is 1.64. The van der Waals surface area contributed by atoms with Crippen molar-refractivity contribution in [2.45, 2.75) is 56.4 Å². The maximum atomic E-state index is 12.6. The summed E-state index contributed by atoms with van der Waals surface area (Å²) in [7, 11) is -3.41. The van der Waals surface area contributed by atoms with Crippen LogP contribution in [0.15, 0.2) is 22.0 Å². The molecule has 8 heteroatoms. The van der Waals surface area contributed by atoms with E-state index in [1.165, 1.54) is 0 Å². The molecule has 1 N–H and O–H groups in total. The molecule has 2 aromatic rings. The van der Waals surface area contributed by atoms with E-state index >= 15 is 0 Å². The van der Waals surface area contributed by atoms with E-state index < -0.39 is 15.6 Å². The molecule has 0 radical (unpaired) electrons. The molecule has 2 saturated carbocycles. The van der Waals surface area contributed by atoms with Crippen LogP contribution in [0.5, 0.6) is 0 Å². The number of nitrogens with zero attached hydrogens (tertiary/aromatic N) is 2. The summed E-state index contributed by atoms with van der Waals surface area (Å²) >= 11 is 1.58. The van der Waals surface area contributed by atoms with Crippen LogP contribution in [0, 0.1) is 0 Å². The number of nitrogens with one attached hydrogen (secondary N) is 1. The molecule has 0 spiro atoms. The Balaban J connectivity index is 1.51. The highest BCUT2D eigenvalue weighted by molar-refractivity contribution is 7.89. The third-order valence-corrected chi connectivity index (χ3v) is 7.18. The van der Waals surface area contributed by atoms with Gasteiger partial charge in [-0.2, -0.15) is 4.98 Å². The maximum absolute atomic E-state index is 12.6. The van der Waals surface area contributed by atoms with E-state index in [-0.39, 0.29) is 5.75 Å². The molecule has 2 aliphatic rings. The van der Waals surface area contributed by atoms with Gasteiger partial charge in [0.1, 0.15) is 0 Å². The van der Waals surface area contributed by atoms with Crippen molar-refractivity contribution in [1.29, 1.82) is 0 Å². The lowest BCUT2D eigenvalue weighted by Gasteiger charge is -2.26. The molecular formula is C16H21N3O3S2. The number of hydrogen-bond acceptors (Lipinski definition) is 6. The largest absolute Gasteiger partial charge is 0.339 e. The van der Waals surface area contributed by atoms with Crippen molar-refractivity contribution in [1.82, 2.24) is 14.9 Å². The zero-order chi connectivity index (χ0) is 16.6. The molecule has 0 unspecified atom stereocenters. The Bertz CT molecular complexity index is 788. The first-order valence-corrected chi connectivity index (χ1v) is 11.0. The average molecular weight is 367 g/mol. The fourth-order valence-electron chi connectivity index (χ4n) is 3.31. The van der Waals surface area contributed by atoms with Crippen LogP contribution >= 0.6 is 11.3 Å². The van der Waals surface area contributed by atoms with E-state index in [0.29, 0.717) is 24.1 Å². The summed E-state index contributed by atoms with van der Waals surface area (Å²) in [6.07, 6.45) is 6.11. The zero-order valence-electron chi connectivity index (χ0n) is 13.4. The van der Waals surface area contributed by atoms with Gasteiger partial charge in [-0.15, -0.1) is 11.3 Å². The molecule has 4 rings (SSSR count). The lowest BCUT2D eigenvalue weighted by atomic mass is 9.98. The third-order valence-electron chi connectivity index (χ3n) is 4.80. The number of hydrogen-bond donors (Lipinski definition) is 1. The van der Waals surface area contributed by atoms with Gasteiger partial charge in [0, 0.05) is 10.8 Å². The van der Waals surface area contributed by atoms with Crippen LogP contribution in [0.1, 0.15) is 61.0 Å². The Morgan fingerprint density at radius 1 is 1.33 bits per heavy atom. The first kappa shape index (κ1) is 16.2. The SMILES string of the molecule is O=S(=O)(CCc1cccs1)NC1(c2noc(C3CC3)n2)CCCC1. The number of aryl methyl sites for hydroxylation is 1. The highest BCUT2D eigenvalue weighted by Crippen LogP contribution is 2.42. The summed E-state index contributed by atoms with van der Waals surface area (Å²) in [5, 5.41) is 6.08. The Labute approximate surface area is 145 Å². The summed E-state index contributed by atoms with van der Waals surface area (Å²) in [6, 6.07) is 3.91. The summed E-state index contributed by atoms with van der Waals surface area (Å²) < 4.78 is 33.5. The van der Waals surface area contributed by atoms with Crippen molar-refractivity contribution in [2.75, 3.05) is 5.75 Å². The summed E-state index contributed by atoms with van der Waals surface area (Å²) in [4.78, 5) is 5.60. The number of sulfonamides is 1. The normalized spacial score (nSPS) is 20.5. The van der Waals surface area contributed by atoms with Crippen LogP contribution in [-0.4, -0.2) is 24.3 Å². The minimum atomic E-state index is -3.41. The smallest absolute Gasteiger partial charge is 0.229 e. The highest BCUT2D eigenvalue weighted by Gasteiger charge is 2.44. The average Bonchev–Trinajstić information content (AvgIpc) is 3.02. The minimum absolute atomic E-state index is 0.0859. The van der Waals surface area contributed by atoms with Gasteiger partial charge in [-0.25, -0.2) is 13.1 Å². The Hall–Kier alpha value is -1.25. The Morgan fingerprint density at radius 3 is 2.79 bits per heavy atom. The van der Waals surface area contributed by atoms with Crippen molar-refractivity contribution >= 4 is 21.4 Å². The number of aromatic nitrogens is 2. The van der Waals surface area contributed by atoms with E-state index in [1.807, 2.05) is 17.5 Å². The fraction of sp³-hybridized carbons (Fsp3) is 0.625. The van der Waals surface area contributed by atoms with E-state index in [2.05, 4.69) is 14.9 Å². The number of thiophene rings is 1. The molecule has 2 aliphatic carbocycles. The Kier molecular flexibility index (Phi) is 4.22. The Morgan fingerprint density at radius 2 is 2.12 bits per heavy atom. The van der Waals surface area contributed by atoms with Crippen LogP contribution in [-0.2, 0) is 22.0 Å². The van der Waals surface area contributed by atoms with Gasteiger partial charge in [0.2, 0.25) is 15.9 Å². The minimum Gasteiger partial charge on any atom is -0.339 e. The predicted molar refractivity (Wildman–Crippen MR) is 91.4 cm³/mol. The standard InChI is InChI=1S/C16H21N3O3S2/c20-24(21,11-7-13-4-3-10-23-13)19-16(8-1-2-9-16)15-17-14(22-18-15)12-5-6-12/h3-4,10,12,19H,1-2,5-9,11H2. The van der Waals surface area contributed by atoms with E-state index in [0.717, 1.165) is 43.4 Å². The lowest BCUT2D eigenvalue weighted by molar-refractivity contribution is 0.333. The topological polar surface area (TPSA) is 85.1 Å². The van der Waals surface area contributed by atoms with Gasteiger partial charge in [-0.05, 0) is 43.6 Å². The molecule has 6 nitrogen and oxygen atoms in total. The van der Waals surface area contributed by atoms with Crippen molar-refractivity contribution in [3.05, 3.63) is 34.1 Å². The van der Waals surface area contributed by atoms with Gasteiger partial charge in [-0.1, -0.05) is 24.1 Å². The maximum Gasteiger partial charge on any atom is 0.229 e. The molecule has 2 fully saturated rings. The van der Waals surface area contributed by atoms with Gasteiger partial charge in [-0.3, -0.25) is 0 Å². The fourth-order valence-corrected chi connectivity index (χ4v) is 5.63. The van der Waals surface area contributed by atoms with Crippen molar-refractivity contribution < 1.29 is 12.9 Å². The molecule has 2 aromatic heterocycles. The second-order valence-corrected chi connectivity index (χ2v) is 9.64. The van der Waals surface area contributed by atoms with Gasteiger partial charge < -0.3 is 4.52 Å². The van der Waals surface area contributed by atoms with Crippen LogP contribution < -0.4 is 4.72 Å². The van der Waals surface area contributed by atoms with Gasteiger partial charge in [0.25, 0.3) is 0 Å². The molecule has 0 bridgehead atoms. The first-order valence-electron chi connectivity index (χ1n) is 8.44. The van der Waals surface area contributed by atoms with E-state index in [9.17, 15) is 8.42 Å². The molecule has 130 valence electrons. The van der Waals surface area contributed by atoms with Gasteiger partial charge in [0.15, 0.2) is 5.82 Å². The summed E-state index contributed by atoms with van der Waals surface area (Å²) in [6.45, 7) is 0.